The van der Waals surface area contributed by atoms with E-state index in [1.165, 1.54) is 6.07 Å². The molecule has 0 aliphatic heterocycles. The van der Waals surface area contributed by atoms with E-state index in [0.717, 1.165) is 41.0 Å². The van der Waals surface area contributed by atoms with Crippen LogP contribution in [0.1, 0.15) is 27.9 Å². The maximum atomic E-state index is 15.9. The van der Waals surface area contributed by atoms with Gasteiger partial charge in [-0.15, -0.1) is 5.10 Å². The standard InChI is InChI=1S/C32H23F4N5O5/c33-24-8-13-27(28(34)15-24)31(44,19-41-20-38-39-40-41)32(35,36)29-14-7-22(16-37-29)2-1-21-3-9-25(10-4-21)45-17-23-5-11-26(12-6-23)46-18-30(42)43/h3-16,20,44H,17-19H2,(H,42,43). The number of alkyl halides is 2. The normalized spacial score (nSPS) is 12.5. The Balaban J connectivity index is 1.26. The number of ether oxygens (including phenoxy) is 2. The first kappa shape index (κ1) is 31.6. The van der Waals surface area contributed by atoms with Crippen LogP contribution in [0.2, 0.25) is 0 Å². The lowest BCUT2D eigenvalue weighted by Crippen LogP contribution is -2.48. The number of aromatic nitrogens is 5. The van der Waals surface area contributed by atoms with Gasteiger partial charge in [0.05, 0.1) is 6.54 Å². The molecule has 1 atom stereocenters. The van der Waals surface area contributed by atoms with Gasteiger partial charge in [0, 0.05) is 29.0 Å². The molecule has 234 valence electrons. The topological polar surface area (TPSA) is 132 Å². The van der Waals surface area contributed by atoms with Gasteiger partial charge in [-0.1, -0.05) is 24.0 Å². The molecule has 0 bridgehead atoms. The number of hydrogen-bond donors (Lipinski definition) is 2. The van der Waals surface area contributed by atoms with Crippen LogP contribution in [0.4, 0.5) is 17.6 Å². The molecule has 1 unspecified atom stereocenters. The van der Waals surface area contributed by atoms with Gasteiger partial charge < -0.3 is 19.7 Å². The van der Waals surface area contributed by atoms with E-state index in [-0.39, 0.29) is 12.2 Å². The zero-order valence-corrected chi connectivity index (χ0v) is 23.6. The van der Waals surface area contributed by atoms with Crippen molar-refractivity contribution in [2.24, 2.45) is 0 Å². The quantitative estimate of drug-likeness (QED) is 0.160. The Hall–Kier alpha value is -5.81. The summed E-state index contributed by atoms with van der Waals surface area (Å²) in [6, 6.07) is 17.7. The van der Waals surface area contributed by atoms with Crippen molar-refractivity contribution in [3.05, 3.63) is 131 Å². The zero-order valence-electron chi connectivity index (χ0n) is 23.6. The molecule has 0 saturated heterocycles. The van der Waals surface area contributed by atoms with Gasteiger partial charge in [0.1, 0.15) is 41.8 Å². The summed E-state index contributed by atoms with van der Waals surface area (Å²) in [5, 5.41) is 30.1. The minimum Gasteiger partial charge on any atom is -0.489 e. The van der Waals surface area contributed by atoms with E-state index in [9.17, 15) is 18.7 Å². The third kappa shape index (κ3) is 7.28. The predicted octanol–water partition coefficient (Wildman–Crippen LogP) is 4.47. The third-order valence-corrected chi connectivity index (χ3v) is 6.66. The van der Waals surface area contributed by atoms with E-state index in [0.29, 0.717) is 23.1 Å². The van der Waals surface area contributed by atoms with Crippen LogP contribution < -0.4 is 9.47 Å². The molecule has 10 nitrogen and oxygen atoms in total. The maximum absolute atomic E-state index is 15.9. The summed E-state index contributed by atoms with van der Waals surface area (Å²) in [7, 11) is 0. The van der Waals surface area contributed by atoms with Gasteiger partial charge in [-0.25, -0.2) is 18.3 Å². The number of nitrogens with zero attached hydrogens (tertiary/aromatic N) is 5. The summed E-state index contributed by atoms with van der Waals surface area (Å²) in [6.45, 7) is -1.14. The van der Waals surface area contributed by atoms with Crippen molar-refractivity contribution in [2.75, 3.05) is 6.61 Å². The number of carbonyl (C=O) groups is 1. The van der Waals surface area contributed by atoms with Gasteiger partial charge in [0.15, 0.2) is 12.2 Å². The summed E-state index contributed by atoms with van der Waals surface area (Å²) in [5.41, 5.74) is -3.28. The molecule has 2 aromatic heterocycles. The lowest BCUT2D eigenvalue weighted by atomic mass is 9.84. The lowest BCUT2D eigenvalue weighted by Gasteiger charge is -2.35. The number of rotatable bonds is 11. The van der Waals surface area contributed by atoms with Crippen LogP contribution in [-0.4, -0.2) is 48.0 Å². The summed E-state index contributed by atoms with van der Waals surface area (Å²) < 4.78 is 71.7. The van der Waals surface area contributed by atoms with Crippen LogP contribution in [0, 0.1) is 23.5 Å². The number of halogens is 4. The van der Waals surface area contributed by atoms with E-state index >= 15 is 8.78 Å². The first-order valence-electron chi connectivity index (χ1n) is 13.4. The van der Waals surface area contributed by atoms with Crippen LogP contribution in [0.5, 0.6) is 11.5 Å². The highest BCUT2D eigenvalue weighted by Gasteiger charge is 2.58. The first-order chi connectivity index (χ1) is 22.0. The second kappa shape index (κ2) is 13.4. The fourth-order valence-corrected chi connectivity index (χ4v) is 4.30. The van der Waals surface area contributed by atoms with E-state index in [1.807, 2.05) is 0 Å². The van der Waals surface area contributed by atoms with Crippen LogP contribution in [0.15, 0.2) is 91.4 Å². The summed E-state index contributed by atoms with van der Waals surface area (Å²) in [4.78, 5) is 14.4. The second-order valence-electron chi connectivity index (χ2n) is 9.89. The zero-order chi connectivity index (χ0) is 32.7. The summed E-state index contributed by atoms with van der Waals surface area (Å²) in [5.74, 6) is -0.934. The molecule has 2 N–H and O–H groups in total. The van der Waals surface area contributed by atoms with Gasteiger partial charge in [-0.05, 0) is 76.7 Å². The molecule has 0 aliphatic rings. The molecule has 5 rings (SSSR count). The first-order valence-corrected chi connectivity index (χ1v) is 13.4. The number of carboxylic acids is 1. The maximum Gasteiger partial charge on any atom is 0.341 e. The second-order valence-corrected chi connectivity index (χ2v) is 9.89. The average molecular weight is 634 g/mol. The van der Waals surface area contributed by atoms with Gasteiger partial charge >= 0.3 is 11.9 Å². The largest absolute Gasteiger partial charge is 0.489 e. The summed E-state index contributed by atoms with van der Waals surface area (Å²) in [6.07, 6.45) is 2.05. The monoisotopic (exact) mass is 633 g/mol. The molecule has 3 aromatic carbocycles. The number of aliphatic hydroxyl groups is 1. The third-order valence-electron chi connectivity index (χ3n) is 6.66. The van der Waals surface area contributed by atoms with Crippen LogP contribution in [0.3, 0.4) is 0 Å². The van der Waals surface area contributed by atoms with Crippen molar-refractivity contribution in [3.63, 3.8) is 0 Å². The fraction of sp³-hybridized carbons (Fsp3) is 0.156. The SMILES string of the molecule is O=C(O)COc1ccc(COc2ccc(C#Cc3ccc(C(F)(F)C(O)(Cn4cnnn4)c4ccc(F)cc4F)nc3)cc2)cc1. The smallest absolute Gasteiger partial charge is 0.341 e. The van der Waals surface area contributed by atoms with E-state index in [1.54, 1.807) is 48.5 Å². The molecule has 0 radical (unpaired) electrons. The van der Waals surface area contributed by atoms with Crippen LogP contribution in [-0.2, 0) is 29.5 Å². The Morgan fingerprint density at radius 1 is 0.891 bits per heavy atom. The number of pyridine rings is 1. The lowest BCUT2D eigenvalue weighted by molar-refractivity contribution is -0.207. The number of hydrogen-bond acceptors (Lipinski definition) is 8. The molecule has 0 aliphatic carbocycles. The number of benzene rings is 3. The van der Waals surface area contributed by atoms with Crippen LogP contribution >= 0.6 is 0 Å². The predicted molar refractivity (Wildman–Crippen MR) is 153 cm³/mol. The van der Waals surface area contributed by atoms with E-state index < -0.39 is 53.5 Å². The highest BCUT2D eigenvalue weighted by Crippen LogP contribution is 2.46. The minimum atomic E-state index is -4.18. The molecule has 2 heterocycles. The molecular weight excluding hydrogens is 610 g/mol. The van der Waals surface area contributed by atoms with E-state index in [4.69, 9.17) is 14.6 Å². The molecule has 0 fully saturated rings. The highest BCUT2D eigenvalue weighted by atomic mass is 19.3. The Morgan fingerprint density at radius 2 is 1.57 bits per heavy atom. The van der Waals surface area contributed by atoms with Crippen molar-refractivity contribution in [1.29, 1.82) is 0 Å². The van der Waals surface area contributed by atoms with Gasteiger partial charge in [0.25, 0.3) is 0 Å². The van der Waals surface area contributed by atoms with Gasteiger partial charge in [-0.2, -0.15) is 8.78 Å². The highest BCUT2D eigenvalue weighted by molar-refractivity contribution is 5.68. The number of carboxylic acid groups (broad SMARTS) is 1. The average Bonchev–Trinajstić information content (AvgIpc) is 3.55. The van der Waals surface area contributed by atoms with Crippen molar-refractivity contribution >= 4 is 5.97 Å². The Bertz CT molecular complexity index is 1860. The van der Waals surface area contributed by atoms with Gasteiger partial charge in [0.2, 0.25) is 0 Å². The molecule has 0 saturated carbocycles. The molecular formula is C32H23F4N5O5. The fourth-order valence-electron chi connectivity index (χ4n) is 4.30. The van der Waals surface area contributed by atoms with Gasteiger partial charge in [-0.3, -0.25) is 4.98 Å². The van der Waals surface area contributed by atoms with Crippen molar-refractivity contribution in [1.82, 2.24) is 25.2 Å². The molecule has 5 aromatic rings. The van der Waals surface area contributed by atoms with Crippen molar-refractivity contribution in [2.45, 2.75) is 24.7 Å². The summed E-state index contributed by atoms with van der Waals surface area (Å²) >= 11 is 0. The molecule has 0 spiro atoms. The molecule has 14 heteroatoms. The molecule has 46 heavy (non-hydrogen) atoms. The Morgan fingerprint density at radius 3 is 2.20 bits per heavy atom. The van der Waals surface area contributed by atoms with Crippen molar-refractivity contribution in [3.8, 4) is 23.3 Å². The van der Waals surface area contributed by atoms with Crippen molar-refractivity contribution < 1.29 is 42.0 Å². The number of tetrazole rings is 1. The van der Waals surface area contributed by atoms with E-state index in [2.05, 4.69) is 32.4 Å². The molecule has 0 amide bonds. The Kier molecular flexibility index (Phi) is 9.24. The minimum absolute atomic E-state index is 0.255. The Labute approximate surface area is 258 Å². The number of aliphatic carboxylic acids is 1. The van der Waals surface area contributed by atoms with Crippen LogP contribution in [0.25, 0.3) is 0 Å².